The SMILES string of the molecule is CC(C)O.CC(C)O.[CH2-]/C=C/[Si](C)(C)C.[CH2-]/C=C/[Si](C)(C)C.[Ti+2]. The molecule has 0 unspecified atom stereocenters. The van der Waals surface area contributed by atoms with Crippen LogP contribution in [0.2, 0.25) is 39.3 Å². The van der Waals surface area contributed by atoms with Crippen molar-refractivity contribution in [2.75, 3.05) is 0 Å². The van der Waals surface area contributed by atoms with Crippen molar-refractivity contribution in [2.45, 2.75) is 79.2 Å². The molecule has 0 spiro atoms. The van der Waals surface area contributed by atoms with Crippen LogP contribution < -0.4 is 0 Å². The zero-order chi connectivity index (χ0) is 19.0. The third-order valence-corrected chi connectivity index (χ3v) is 3.71. The third-order valence-electron chi connectivity index (χ3n) is 1.24. The summed E-state index contributed by atoms with van der Waals surface area (Å²) < 4.78 is 0. The molecule has 0 saturated heterocycles. The number of aliphatic hydroxyl groups excluding tert-OH is 2. The molecule has 0 heterocycles. The second-order valence-corrected chi connectivity index (χ2v) is 17.9. The van der Waals surface area contributed by atoms with Crippen molar-refractivity contribution in [1.29, 1.82) is 0 Å². The standard InChI is InChI=1S/2C6H13Si.2C3H8O.Ti/c2*1-5-6-7(2,3)4;2*1-3(2)4;/h2*5-6H,1H2,2-4H3;2*3-4H,1-2H3;/q2*-1;;;+2/b2*6-5+;;;. The molecular formula is C18H42O2Si2Ti. The Labute approximate surface area is 164 Å². The number of allylic oxidation sites excluding steroid dienone is 2. The van der Waals surface area contributed by atoms with E-state index in [9.17, 15) is 0 Å². The molecule has 0 fully saturated rings. The Hall–Kier alpha value is 0.288. The summed E-state index contributed by atoms with van der Waals surface area (Å²) in [6.45, 7) is 27.9. The molecule has 2 nitrogen and oxygen atoms in total. The van der Waals surface area contributed by atoms with Gasteiger partial charge in [0.15, 0.2) is 0 Å². The third kappa shape index (κ3) is 134. The summed E-state index contributed by atoms with van der Waals surface area (Å²) in [7, 11) is -1.80. The molecule has 0 saturated carbocycles. The maximum atomic E-state index is 8.06. The van der Waals surface area contributed by atoms with Gasteiger partial charge in [0.2, 0.25) is 0 Å². The van der Waals surface area contributed by atoms with E-state index in [4.69, 9.17) is 10.2 Å². The second-order valence-electron chi connectivity index (χ2n) is 7.72. The minimum atomic E-state index is -0.900. The molecule has 0 amide bonds. The Morgan fingerprint density at radius 1 is 0.652 bits per heavy atom. The van der Waals surface area contributed by atoms with E-state index in [0.717, 1.165) is 0 Å². The molecule has 0 atom stereocenters. The first-order chi connectivity index (χ1) is 9.59. The van der Waals surface area contributed by atoms with Gasteiger partial charge in [-0.1, -0.05) is 39.3 Å². The Bertz CT molecular complexity index is 230. The van der Waals surface area contributed by atoms with Crippen LogP contribution >= 0.6 is 0 Å². The van der Waals surface area contributed by atoms with Crippen molar-refractivity contribution in [1.82, 2.24) is 0 Å². The van der Waals surface area contributed by atoms with Crippen LogP contribution in [0.4, 0.5) is 0 Å². The van der Waals surface area contributed by atoms with Crippen LogP contribution in [0.1, 0.15) is 27.7 Å². The molecule has 0 aliphatic heterocycles. The van der Waals surface area contributed by atoms with Crippen molar-refractivity contribution >= 4 is 16.1 Å². The zero-order valence-corrected chi connectivity index (χ0v) is 20.8. The van der Waals surface area contributed by atoms with Gasteiger partial charge in [0, 0.05) is 12.2 Å². The van der Waals surface area contributed by atoms with Crippen LogP contribution in [0.15, 0.2) is 23.6 Å². The zero-order valence-electron chi connectivity index (χ0n) is 17.3. The Balaban J connectivity index is -0.0000000639. The molecule has 0 aliphatic carbocycles. The Morgan fingerprint density at radius 2 is 0.783 bits per heavy atom. The van der Waals surface area contributed by atoms with Gasteiger partial charge in [-0.15, -0.1) is 0 Å². The van der Waals surface area contributed by atoms with Crippen molar-refractivity contribution in [2.24, 2.45) is 0 Å². The van der Waals surface area contributed by atoms with Gasteiger partial charge in [-0.05, 0) is 43.8 Å². The van der Waals surface area contributed by atoms with Gasteiger partial charge in [0.25, 0.3) is 0 Å². The summed E-state index contributed by atoms with van der Waals surface area (Å²) >= 11 is 0. The van der Waals surface area contributed by atoms with Crippen LogP contribution in [0.25, 0.3) is 0 Å². The summed E-state index contributed by atoms with van der Waals surface area (Å²) in [6.07, 6.45) is 3.46. The molecule has 0 aromatic carbocycles. The van der Waals surface area contributed by atoms with Crippen molar-refractivity contribution in [3.63, 3.8) is 0 Å². The Morgan fingerprint density at radius 3 is 0.783 bits per heavy atom. The smallest absolute Gasteiger partial charge is 0.394 e. The monoisotopic (exact) mass is 394 g/mol. The number of aliphatic hydroxyl groups is 2. The van der Waals surface area contributed by atoms with E-state index >= 15 is 0 Å². The topological polar surface area (TPSA) is 40.5 Å². The van der Waals surface area contributed by atoms with Gasteiger partial charge >= 0.3 is 21.7 Å². The van der Waals surface area contributed by atoms with E-state index in [2.05, 4.69) is 64.5 Å². The minimum absolute atomic E-state index is 0. The molecule has 5 heteroatoms. The van der Waals surface area contributed by atoms with E-state index in [1.807, 2.05) is 12.2 Å². The maximum Gasteiger partial charge on any atom is 2.00 e. The molecular weight excluding hydrogens is 352 g/mol. The minimum Gasteiger partial charge on any atom is -0.394 e. The number of hydrogen-bond donors (Lipinski definition) is 2. The van der Waals surface area contributed by atoms with Crippen LogP contribution in [0.3, 0.4) is 0 Å². The van der Waals surface area contributed by atoms with Crippen LogP contribution in [-0.4, -0.2) is 38.6 Å². The fourth-order valence-electron chi connectivity index (χ4n) is 0.707. The second kappa shape index (κ2) is 20.3. The molecule has 0 rings (SSSR count). The predicted molar refractivity (Wildman–Crippen MR) is 110 cm³/mol. The van der Waals surface area contributed by atoms with Gasteiger partial charge in [0.1, 0.15) is 0 Å². The van der Waals surface area contributed by atoms with Crippen LogP contribution in [0, 0.1) is 13.8 Å². The quantitative estimate of drug-likeness (QED) is 0.494. The molecule has 0 aromatic rings. The molecule has 138 valence electrons. The number of rotatable bonds is 2. The van der Waals surface area contributed by atoms with E-state index < -0.39 is 16.1 Å². The van der Waals surface area contributed by atoms with Crippen molar-refractivity contribution in [3.05, 3.63) is 37.4 Å². The molecule has 23 heavy (non-hydrogen) atoms. The van der Waals surface area contributed by atoms with Crippen LogP contribution in [-0.2, 0) is 21.7 Å². The van der Waals surface area contributed by atoms with Crippen molar-refractivity contribution in [3.8, 4) is 0 Å². The Kier molecular flexibility index (Phi) is 30.6. The van der Waals surface area contributed by atoms with Gasteiger partial charge in [-0.25, -0.2) is 37.4 Å². The van der Waals surface area contributed by atoms with Crippen LogP contribution in [0.5, 0.6) is 0 Å². The van der Waals surface area contributed by atoms with Crippen molar-refractivity contribution < 1.29 is 31.9 Å². The largest absolute Gasteiger partial charge is 2.00 e. The first-order valence-corrected chi connectivity index (χ1v) is 15.0. The molecule has 0 aromatic heterocycles. The summed E-state index contributed by atoms with van der Waals surface area (Å²) in [5, 5.41) is 16.1. The summed E-state index contributed by atoms with van der Waals surface area (Å²) in [5.74, 6) is 0. The molecule has 0 aliphatic rings. The maximum absolute atomic E-state index is 8.06. The van der Waals surface area contributed by atoms with Gasteiger partial charge in [0.05, 0.1) is 0 Å². The molecule has 2 N–H and O–H groups in total. The van der Waals surface area contributed by atoms with E-state index in [1.165, 1.54) is 0 Å². The summed E-state index contributed by atoms with van der Waals surface area (Å²) in [6, 6.07) is 0. The molecule has 0 bridgehead atoms. The fourth-order valence-corrected chi connectivity index (χ4v) is 2.12. The van der Waals surface area contributed by atoms with E-state index in [-0.39, 0.29) is 33.9 Å². The predicted octanol–water partition coefficient (Wildman–Crippen LogP) is 5.28. The number of hydrogen-bond acceptors (Lipinski definition) is 2. The fraction of sp³-hybridized carbons (Fsp3) is 0.667. The average Bonchev–Trinajstić information content (AvgIpc) is 2.11. The van der Waals surface area contributed by atoms with Gasteiger partial charge in [-0.3, -0.25) is 0 Å². The van der Waals surface area contributed by atoms with E-state index in [1.54, 1.807) is 27.7 Å². The first kappa shape index (κ1) is 34.6. The molecule has 0 radical (unpaired) electrons. The van der Waals surface area contributed by atoms with Gasteiger partial charge in [-0.2, -0.15) is 0 Å². The first-order valence-electron chi connectivity index (χ1n) is 7.89. The van der Waals surface area contributed by atoms with Gasteiger partial charge < -0.3 is 10.2 Å². The van der Waals surface area contributed by atoms with E-state index in [0.29, 0.717) is 0 Å². The summed E-state index contributed by atoms with van der Waals surface area (Å²) in [5.41, 5.74) is 4.43. The normalized spacial score (nSPS) is 11.0. The summed E-state index contributed by atoms with van der Waals surface area (Å²) in [4.78, 5) is 0. The average molecular weight is 395 g/mol.